The molecule has 0 unspecified atom stereocenters. The van der Waals surface area contributed by atoms with Crippen LogP contribution in [0.3, 0.4) is 0 Å². The summed E-state index contributed by atoms with van der Waals surface area (Å²) in [5.41, 5.74) is 7.35. The molecule has 0 radical (unpaired) electrons. The number of nitrogens with one attached hydrogen (secondary N) is 1. The maximum atomic E-state index is 11.6. The number of nitrogens with two attached hydrogens (primary N) is 1. The first-order valence-electron chi connectivity index (χ1n) is 7.58. The smallest absolute Gasteiger partial charge is 0.328 e. The molecule has 22 heavy (non-hydrogen) atoms. The minimum atomic E-state index is -0.960. The van der Waals surface area contributed by atoms with Crippen molar-refractivity contribution in [3.63, 3.8) is 0 Å². The second kappa shape index (κ2) is 10.6. The molecule has 5 heteroatoms. The first kappa shape index (κ1) is 17.9. The lowest BCUT2D eigenvalue weighted by Crippen LogP contribution is -2.25. The molecule has 0 aromatic heterocycles. The number of amides is 1. The molecule has 1 rings (SSSR count). The zero-order chi connectivity index (χ0) is 16.2. The zero-order valence-corrected chi connectivity index (χ0v) is 12.8. The fourth-order valence-electron chi connectivity index (χ4n) is 2.00. The molecule has 0 fully saturated rings. The van der Waals surface area contributed by atoms with E-state index in [0.29, 0.717) is 19.5 Å². The average molecular weight is 304 g/mol. The summed E-state index contributed by atoms with van der Waals surface area (Å²) in [6.07, 6.45) is 6.82. The Morgan fingerprint density at radius 3 is 2.50 bits per heavy atom. The van der Waals surface area contributed by atoms with Gasteiger partial charge in [0.05, 0.1) is 0 Å². The van der Waals surface area contributed by atoms with Crippen molar-refractivity contribution in [3.05, 3.63) is 41.5 Å². The molecule has 1 aromatic rings. The van der Waals surface area contributed by atoms with Crippen LogP contribution in [0.25, 0.3) is 6.08 Å². The first-order chi connectivity index (χ1) is 10.6. The van der Waals surface area contributed by atoms with Gasteiger partial charge in [-0.15, -0.1) is 0 Å². The molecule has 4 N–H and O–H groups in total. The number of hydrogen-bond acceptors (Lipinski definition) is 3. The van der Waals surface area contributed by atoms with Crippen molar-refractivity contribution in [3.8, 4) is 0 Å². The standard InChI is InChI=1S/C17H24N2O3/c18-12-3-1-2-4-16(20)19-13-11-15-7-5-14(6-8-15)9-10-17(21)22/h5-10H,1-4,11-13,18H2,(H,19,20)(H,21,22). The van der Waals surface area contributed by atoms with Gasteiger partial charge in [-0.3, -0.25) is 4.79 Å². The molecule has 0 heterocycles. The molecule has 0 aliphatic rings. The minimum absolute atomic E-state index is 0.0815. The summed E-state index contributed by atoms with van der Waals surface area (Å²) in [5.74, 6) is -0.878. The van der Waals surface area contributed by atoms with Crippen LogP contribution in [-0.4, -0.2) is 30.1 Å². The number of carbonyl (C=O) groups excluding carboxylic acids is 1. The molecule has 0 aliphatic carbocycles. The number of rotatable bonds is 10. The van der Waals surface area contributed by atoms with Crippen LogP contribution >= 0.6 is 0 Å². The van der Waals surface area contributed by atoms with Crippen molar-refractivity contribution in [2.24, 2.45) is 5.73 Å². The summed E-state index contributed by atoms with van der Waals surface area (Å²) in [5, 5.41) is 11.5. The third-order valence-corrected chi connectivity index (χ3v) is 3.24. The summed E-state index contributed by atoms with van der Waals surface area (Å²) < 4.78 is 0. The van der Waals surface area contributed by atoms with Gasteiger partial charge in [0.2, 0.25) is 5.91 Å². The zero-order valence-electron chi connectivity index (χ0n) is 12.8. The average Bonchev–Trinajstić information content (AvgIpc) is 2.51. The Bertz CT molecular complexity index is 495. The highest BCUT2D eigenvalue weighted by molar-refractivity contribution is 5.85. The van der Waals surface area contributed by atoms with Crippen molar-refractivity contribution < 1.29 is 14.7 Å². The summed E-state index contributed by atoms with van der Waals surface area (Å²) in [7, 11) is 0. The SMILES string of the molecule is NCCCCCC(=O)NCCc1ccc(C=CC(=O)O)cc1. The lowest BCUT2D eigenvalue weighted by atomic mass is 10.1. The maximum Gasteiger partial charge on any atom is 0.328 e. The minimum Gasteiger partial charge on any atom is -0.478 e. The van der Waals surface area contributed by atoms with E-state index >= 15 is 0 Å². The van der Waals surface area contributed by atoms with Crippen LogP contribution in [0.15, 0.2) is 30.3 Å². The quantitative estimate of drug-likeness (QED) is 0.455. The molecule has 0 saturated heterocycles. The molecular formula is C17H24N2O3. The van der Waals surface area contributed by atoms with Crippen LogP contribution in [0.5, 0.6) is 0 Å². The van der Waals surface area contributed by atoms with Crippen LogP contribution in [-0.2, 0) is 16.0 Å². The molecule has 5 nitrogen and oxygen atoms in total. The molecule has 0 atom stereocenters. The van der Waals surface area contributed by atoms with E-state index < -0.39 is 5.97 Å². The van der Waals surface area contributed by atoms with Crippen molar-refractivity contribution in [1.82, 2.24) is 5.32 Å². The van der Waals surface area contributed by atoms with Gasteiger partial charge in [-0.2, -0.15) is 0 Å². The molecular weight excluding hydrogens is 280 g/mol. The predicted octanol–water partition coefficient (Wildman–Crippen LogP) is 1.96. The van der Waals surface area contributed by atoms with Crippen molar-refractivity contribution in [2.75, 3.05) is 13.1 Å². The van der Waals surface area contributed by atoms with E-state index in [-0.39, 0.29) is 5.91 Å². The number of unbranched alkanes of at least 4 members (excludes halogenated alkanes) is 2. The third-order valence-electron chi connectivity index (χ3n) is 3.24. The molecule has 0 aliphatic heterocycles. The second-order valence-corrected chi connectivity index (χ2v) is 5.11. The van der Waals surface area contributed by atoms with E-state index in [2.05, 4.69) is 5.32 Å². The number of carboxylic acid groups (broad SMARTS) is 1. The van der Waals surface area contributed by atoms with Gasteiger partial charge in [-0.1, -0.05) is 30.7 Å². The summed E-state index contributed by atoms with van der Waals surface area (Å²) in [4.78, 5) is 22.0. The Morgan fingerprint density at radius 1 is 1.14 bits per heavy atom. The Kier molecular flexibility index (Phi) is 8.60. The lowest BCUT2D eigenvalue weighted by molar-refractivity contribution is -0.131. The topological polar surface area (TPSA) is 92.4 Å². The van der Waals surface area contributed by atoms with Gasteiger partial charge in [-0.25, -0.2) is 4.79 Å². The second-order valence-electron chi connectivity index (χ2n) is 5.11. The molecule has 0 saturated carbocycles. The highest BCUT2D eigenvalue weighted by atomic mass is 16.4. The van der Waals surface area contributed by atoms with Crippen LogP contribution < -0.4 is 11.1 Å². The molecule has 0 bridgehead atoms. The number of aliphatic carboxylic acids is 1. The molecule has 1 aromatic carbocycles. The summed E-state index contributed by atoms with van der Waals surface area (Å²) in [6.45, 7) is 1.29. The van der Waals surface area contributed by atoms with Crippen LogP contribution in [0.2, 0.25) is 0 Å². The molecule has 1 amide bonds. The number of hydrogen-bond donors (Lipinski definition) is 3. The van der Waals surface area contributed by atoms with E-state index in [4.69, 9.17) is 10.8 Å². The van der Waals surface area contributed by atoms with Gasteiger partial charge in [0.15, 0.2) is 0 Å². The number of carbonyl (C=O) groups is 2. The fourth-order valence-corrected chi connectivity index (χ4v) is 2.00. The van der Waals surface area contributed by atoms with Gasteiger partial charge in [-0.05, 0) is 43.0 Å². The Morgan fingerprint density at radius 2 is 1.86 bits per heavy atom. The Balaban J connectivity index is 2.24. The van der Waals surface area contributed by atoms with Crippen molar-refractivity contribution >= 4 is 18.0 Å². The van der Waals surface area contributed by atoms with Gasteiger partial charge in [0.25, 0.3) is 0 Å². The normalized spacial score (nSPS) is 10.8. The van der Waals surface area contributed by atoms with E-state index in [0.717, 1.165) is 42.9 Å². The first-order valence-corrected chi connectivity index (χ1v) is 7.58. The van der Waals surface area contributed by atoms with E-state index in [1.54, 1.807) is 6.08 Å². The lowest BCUT2D eigenvalue weighted by Gasteiger charge is -2.05. The Labute approximate surface area is 131 Å². The van der Waals surface area contributed by atoms with Crippen LogP contribution in [0.1, 0.15) is 36.8 Å². The molecule has 120 valence electrons. The van der Waals surface area contributed by atoms with Crippen molar-refractivity contribution in [1.29, 1.82) is 0 Å². The Hall–Kier alpha value is -2.14. The van der Waals surface area contributed by atoms with E-state index in [1.165, 1.54) is 0 Å². The highest BCUT2D eigenvalue weighted by Crippen LogP contribution is 2.07. The number of carboxylic acids is 1. The van der Waals surface area contributed by atoms with Gasteiger partial charge < -0.3 is 16.2 Å². The van der Waals surface area contributed by atoms with Gasteiger partial charge >= 0.3 is 5.97 Å². The van der Waals surface area contributed by atoms with Crippen LogP contribution in [0.4, 0.5) is 0 Å². The van der Waals surface area contributed by atoms with Crippen molar-refractivity contribution in [2.45, 2.75) is 32.1 Å². The van der Waals surface area contributed by atoms with Crippen LogP contribution in [0, 0.1) is 0 Å². The third kappa shape index (κ3) is 8.21. The van der Waals surface area contributed by atoms with Gasteiger partial charge in [0, 0.05) is 19.0 Å². The highest BCUT2D eigenvalue weighted by Gasteiger charge is 2.01. The monoisotopic (exact) mass is 304 g/mol. The largest absolute Gasteiger partial charge is 0.478 e. The molecule has 0 spiro atoms. The number of benzene rings is 1. The van der Waals surface area contributed by atoms with E-state index in [1.807, 2.05) is 24.3 Å². The predicted molar refractivity (Wildman–Crippen MR) is 87.3 cm³/mol. The summed E-state index contributed by atoms with van der Waals surface area (Å²) >= 11 is 0. The maximum absolute atomic E-state index is 11.6. The van der Waals surface area contributed by atoms with E-state index in [9.17, 15) is 9.59 Å². The summed E-state index contributed by atoms with van der Waals surface area (Å²) in [6, 6.07) is 7.61. The van der Waals surface area contributed by atoms with Gasteiger partial charge in [0.1, 0.15) is 0 Å². The fraction of sp³-hybridized carbons (Fsp3) is 0.412.